The number of nitrogens with one attached hydrogen (secondary N) is 1. The van der Waals surface area contributed by atoms with E-state index in [1.54, 1.807) is 6.08 Å². The third-order valence-corrected chi connectivity index (χ3v) is 9.63. The summed E-state index contributed by atoms with van der Waals surface area (Å²) in [6, 6.07) is -0.895. The van der Waals surface area contributed by atoms with Crippen molar-refractivity contribution in [1.82, 2.24) is 5.32 Å². The van der Waals surface area contributed by atoms with Crippen LogP contribution in [0.3, 0.4) is 0 Å². The van der Waals surface area contributed by atoms with Crippen LogP contribution < -0.4 is 10.2 Å². The second kappa shape index (κ2) is 31.9. The number of nitrogens with zero attached hydrogens (tertiary/aromatic N) is 1. The molecule has 3 unspecified atom stereocenters. The zero-order valence-electron chi connectivity index (χ0n) is 31.9. The molecule has 0 aliphatic carbocycles. The fourth-order valence-electron chi connectivity index (χ4n) is 5.46. The number of allylic oxidation sites excluding steroid dienone is 3. The van der Waals surface area contributed by atoms with Crippen LogP contribution in [-0.2, 0) is 18.4 Å². The van der Waals surface area contributed by atoms with Crippen LogP contribution in [0.1, 0.15) is 168 Å². The maximum absolute atomic E-state index is 12.8. The van der Waals surface area contributed by atoms with Crippen molar-refractivity contribution < 1.29 is 32.9 Å². The van der Waals surface area contributed by atoms with E-state index in [2.05, 4.69) is 31.3 Å². The molecule has 0 radical (unpaired) electrons. The van der Waals surface area contributed by atoms with Gasteiger partial charge in [-0.25, -0.2) is 0 Å². The summed E-state index contributed by atoms with van der Waals surface area (Å²) >= 11 is 0. The van der Waals surface area contributed by atoms with Gasteiger partial charge in [0.1, 0.15) is 13.2 Å². The van der Waals surface area contributed by atoms with E-state index in [0.717, 1.165) is 38.5 Å². The number of likely N-dealkylation sites (N-methyl/N-ethyl adjacent to an activating group) is 1. The van der Waals surface area contributed by atoms with Crippen molar-refractivity contribution >= 4 is 13.7 Å². The molecule has 0 aliphatic rings. The first-order valence-corrected chi connectivity index (χ1v) is 21.2. The number of carbonyl (C=O) groups is 1. The minimum Gasteiger partial charge on any atom is -0.756 e. The standard InChI is InChI=1S/C39H77N2O6P/c1-6-8-10-12-14-16-18-19-20-21-22-23-25-27-29-31-33-39(43)40-37(36-47-48(44,45)46-35-34-41(3,4)5)38(42)32-30-28-26-24-17-15-13-11-9-7-2/h17,24,30,32,37-38,42H,6-16,18-23,25-29,31,33-36H2,1-5H3,(H-,40,43,44,45)/b24-17+,32-30+. The third-order valence-electron chi connectivity index (χ3n) is 8.66. The number of phosphoric ester groups is 1. The molecule has 3 atom stereocenters. The molecule has 0 saturated carbocycles. The first-order chi connectivity index (χ1) is 23.0. The van der Waals surface area contributed by atoms with Crippen LogP contribution >= 0.6 is 7.82 Å². The van der Waals surface area contributed by atoms with Crippen LogP contribution in [0, 0.1) is 0 Å². The van der Waals surface area contributed by atoms with Crippen LogP contribution in [0.2, 0.25) is 0 Å². The Kier molecular flexibility index (Phi) is 31.2. The molecule has 284 valence electrons. The van der Waals surface area contributed by atoms with Crippen molar-refractivity contribution in [2.45, 2.75) is 180 Å². The number of hydrogen-bond acceptors (Lipinski definition) is 6. The third kappa shape index (κ3) is 33.5. The molecule has 8 nitrogen and oxygen atoms in total. The van der Waals surface area contributed by atoms with E-state index in [-0.39, 0.29) is 19.1 Å². The van der Waals surface area contributed by atoms with Crippen molar-refractivity contribution in [2.75, 3.05) is 40.9 Å². The molecule has 0 rings (SSSR count). The molecule has 9 heteroatoms. The van der Waals surface area contributed by atoms with Crippen LogP contribution in [-0.4, -0.2) is 68.5 Å². The fraction of sp³-hybridized carbons (Fsp3) is 0.872. The van der Waals surface area contributed by atoms with Gasteiger partial charge in [-0.3, -0.25) is 9.36 Å². The molecule has 0 spiro atoms. The van der Waals surface area contributed by atoms with Gasteiger partial charge in [-0.2, -0.15) is 0 Å². The number of phosphoric acid groups is 1. The van der Waals surface area contributed by atoms with Crippen LogP contribution in [0.4, 0.5) is 0 Å². The van der Waals surface area contributed by atoms with Crippen molar-refractivity contribution in [3.63, 3.8) is 0 Å². The molecule has 0 aromatic heterocycles. The van der Waals surface area contributed by atoms with Crippen molar-refractivity contribution in [1.29, 1.82) is 0 Å². The molecule has 0 saturated heterocycles. The number of aliphatic hydroxyl groups excluding tert-OH is 1. The van der Waals surface area contributed by atoms with Crippen LogP contribution in [0.5, 0.6) is 0 Å². The number of aliphatic hydroxyl groups is 1. The van der Waals surface area contributed by atoms with E-state index in [4.69, 9.17) is 9.05 Å². The topological polar surface area (TPSA) is 108 Å². The number of hydrogen-bond donors (Lipinski definition) is 2. The maximum atomic E-state index is 12.8. The SMILES string of the molecule is CCCCCC/C=C/CC/C=C/C(O)C(COP(=O)([O-])OCC[N+](C)(C)C)NC(=O)CCCCCCCCCCCCCCCCCC. The molecule has 2 N–H and O–H groups in total. The van der Waals surface area contributed by atoms with Gasteiger partial charge in [-0.05, 0) is 32.1 Å². The minimum atomic E-state index is -4.58. The van der Waals surface area contributed by atoms with Crippen molar-refractivity contribution in [2.24, 2.45) is 0 Å². The summed E-state index contributed by atoms with van der Waals surface area (Å²) in [5.74, 6) is -0.209. The minimum absolute atomic E-state index is 0.00483. The van der Waals surface area contributed by atoms with Gasteiger partial charge < -0.3 is 28.8 Å². The lowest BCUT2D eigenvalue weighted by atomic mass is 10.0. The molecule has 0 aromatic rings. The average Bonchev–Trinajstić information content (AvgIpc) is 3.02. The van der Waals surface area contributed by atoms with Crippen LogP contribution in [0.25, 0.3) is 0 Å². The molecule has 0 fully saturated rings. The van der Waals surface area contributed by atoms with E-state index in [1.807, 2.05) is 27.2 Å². The van der Waals surface area contributed by atoms with Gasteiger partial charge in [0.05, 0.1) is 39.9 Å². The molecule has 0 bridgehead atoms. The normalized spacial score (nSPS) is 14.9. The predicted molar refractivity (Wildman–Crippen MR) is 201 cm³/mol. The Morgan fingerprint density at radius 1 is 0.708 bits per heavy atom. The highest BCUT2D eigenvalue weighted by Crippen LogP contribution is 2.38. The fourth-order valence-corrected chi connectivity index (χ4v) is 6.18. The maximum Gasteiger partial charge on any atom is 0.268 e. The predicted octanol–water partition coefficient (Wildman–Crippen LogP) is 9.55. The zero-order valence-corrected chi connectivity index (χ0v) is 32.8. The molecule has 0 aliphatic heterocycles. The second-order valence-corrected chi connectivity index (χ2v) is 16.0. The Hall–Kier alpha value is -1.02. The first-order valence-electron chi connectivity index (χ1n) is 19.7. The highest BCUT2D eigenvalue weighted by Gasteiger charge is 2.23. The summed E-state index contributed by atoms with van der Waals surface area (Å²) in [6.45, 7) is 4.57. The summed E-state index contributed by atoms with van der Waals surface area (Å²) < 4.78 is 23.0. The Labute approximate surface area is 296 Å². The number of amides is 1. The summed E-state index contributed by atoms with van der Waals surface area (Å²) in [5, 5.41) is 13.6. The van der Waals surface area contributed by atoms with Crippen molar-refractivity contribution in [3.8, 4) is 0 Å². The van der Waals surface area contributed by atoms with E-state index >= 15 is 0 Å². The molecule has 0 aromatic carbocycles. The Morgan fingerprint density at radius 3 is 1.69 bits per heavy atom. The van der Waals surface area contributed by atoms with E-state index in [1.165, 1.54) is 109 Å². The highest BCUT2D eigenvalue weighted by molar-refractivity contribution is 7.45. The smallest absolute Gasteiger partial charge is 0.268 e. The number of rotatable bonds is 35. The van der Waals surface area contributed by atoms with E-state index in [9.17, 15) is 19.4 Å². The average molecular weight is 701 g/mol. The van der Waals surface area contributed by atoms with E-state index in [0.29, 0.717) is 17.4 Å². The largest absolute Gasteiger partial charge is 0.756 e. The molecule has 1 amide bonds. The van der Waals surface area contributed by atoms with Gasteiger partial charge in [0.15, 0.2) is 0 Å². The number of carbonyl (C=O) groups excluding carboxylic acids is 1. The summed E-state index contributed by atoms with van der Waals surface area (Å²) in [7, 11) is 1.24. The zero-order chi connectivity index (χ0) is 35.8. The Balaban J connectivity index is 4.46. The van der Waals surface area contributed by atoms with Gasteiger partial charge in [-0.1, -0.05) is 154 Å². The molecule has 0 heterocycles. The molecule has 48 heavy (non-hydrogen) atoms. The van der Waals surface area contributed by atoms with Gasteiger partial charge in [0.2, 0.25) is 5.91 Å². The van der Waals surface area contributed by atoms with Gasteiger partial charge in [0.25, 0.3) is 7.82 Å². The quantitative estimate of drug-likeness (QED) is 0.0295. The summed E-state index contributed by atoms with van der Waals surface area (Å²) in [6.07, 6.45) is 35.1. The molecular weight excluding hydrogens is 623 g/mol. The van der Waals surface area contributed by atoms with Gasteiger partial charge >= 0.3 is 0 Å². The van der Waals surface area contributed by atoms with Crippen molar-refractivity contribution in [3.05, 3.63) is 24.3 Å². The monoisotopic (exact) mass is 701 g/mol. The lowest BCUT2D eigenvalue weighted by Crippen LogP contribution is -2.45. The first kappa shape index (κ1) is 47.0. The van der Waals surface area contributed by atoms with Gasteiger partial charge in [-0.15, -0.1) is 0 Å². The summed E-state index contributed by atoms with van der Waals surface area (Å²) in [4.78, 5) is 25.1. The lowest BCUT2D eigenvalue weighted by Gasteiger charge is -2.29. The van der Waals surface area contributed by atoms with Crippen LogP contribution in [0.15, 0.2) is 24.3 Å². The number of quaternary nitrogens is 1. The number of unbranched alkanes of at least 4 members (excludes halogenated alkanes) is 20. The Morgan fingerprint density at radius 2 is 1.17 bits per heavy atom. The molecular formula is C39H77N2O6P. The highest BCUT2D eigenvalue weighted by atomic mass is 31.2. The lowest BCUT2D eigenvalue weighted by molar-refractivity contribution is -0.870. The Bertz CT molecular complexity index is 845. The van der Waals surface area contributed by atoms with Gasteiger partial charge in [0, 0.05) is 6.42 Å². The van der Waals surface area contributed by atoms with E-state index < -0.39 is 20.0 Å². The summed E-state index contributed by atoms with van der Waals surface area (Å²) in [5.41, 5.74) is 0. The second-order valence-electron chi connectivity index (χ2n) is 14.6.